The second-order valence-electron chi connectivity index (χ2n) is 6.50. The Kier molecular flexibility index (Phi) is 7.97. The van der Waals surface area contributed by atoms with Crippen molar-refractivity contribution in [3.05, 3.63) is 52.9 Å². The predicted molar refractivity (Wildman–Crippen MR) is 123 cm³/mol. The molecule has 1 saturated heterocycles. The molecule has 0 radical (unpaired) electrons. The summed E-state index contributed by atoms with van der Waals surface area (Å²) in [5, 5.41) is 0.608. The number of amidine groups is 1. The standard InChI is InChI=1S/C23H26N2O5S/c1-5-30-20-14-16(6-11-19(20)29-4)15-21-22(26)25(12-13-27-2)23(31-21)24-17-7-9-18(28-3)10-8-17/h6-11,14-15H,5,12-13H2,1-4H3/b21-15-,24-23?. The van der Waals surface area contributed by atoms with E-state index in [1.165, 1.54) is 11.8 Å². The zero-order valence-electron chi connectivity index (χ0n) is 18.1. The predicted octanol–water partition coefficient (Wildman–Crippen LogP) is 4.35. The van der Waals surface area contributed by atoms with Gasteiger partial charge in [0.05, 0.1) is 44.6 Å². The molecule has 1 amide bonds. The minimum atomic E-state index is -0.108. The molecule has 7 nitrogen and oxygen atoms in total. The van der Waals surface area contributed by atoms with Crippen LogP contribution in [0, 0.1) is 0 Å². The van der Waals surface area contributed by atoms with Gasteiger partial charge in [-0.25, -0.2) is 4.99 Å². The molecule has 1 aliphatic rings. The lowest BCUT2D eigenvalue weighted by Gasteiger charge is -2.14. The Bertz CT molecular complexity index is 972. The van der Waals surface area contributed by atoms with Crippen LogP contribution in [-0.2, 0) is 9.53 Å². The van der Waals surface area contributed by atoms with Gasteiger partial charge in [-0.05, 0) is 66.7 Å². The number of methoxy groups -OCH3 is 3. The lowest BCUT2D eigenvalue weighted by molar-refractivity contribution is -0.122. The second-order valence-corrected chi connectivity index (χ2v) is 7.51. The zero-order valence-corrected chi connectivity index (χ0v) is 18.9. The Morgan fingerprint density at radius 3 is 2.45 bits per heavy atom. The maximum absolute atomic E-state index is 13.1. The van der Waals surface area contributed by atoms with Crippen LogP contribution in [0.5, 0.6) is 17.2 Å². The molecule has 2 aromatic carbocycles. The zero-order chi connectivity index (χ0) is 22.2. The highest BCUT2D eigenvalue weighted by Gasteiger charge is 2.33. The fourth-order valence-corrected chi connectivity index (χ4v) is 3.97. The van der Waals surface area contributed by atoms with Gasteiger partial charge in [-0.15, -0.1) is 0 Å². The van der Waals surface area contributed by atoms with Crippen LogP contribution >= 0.6 is 11.8 Å². The van der Waals surface area contributed by atoms with Crippen LogP contribution in [0.15, 0.2) is 52.4 Å². The van der Waals surface area contributed by atoms with E-state index in [-0.39, 0.29) is 5.91 Å². The number of carbonyl (C=O) groups excluding carboxylic acids is 1. The molecule has 31 heavy (non-hydrogen) atoms. The summed E-state index contributed by atoms with van der Waals surface area (Å²) in [5.74, 6) is 1.93. The van der Waals surface area contributed by atoms with Crippen molar-refractivity contribution in [3.63, 3.8) is 0 Å². The topological polar surface area (TPSA) is 69.6 Å². The summed E-state index contributed by atoms with van der Waals surface area (Å²) in [5.41, 5.74) is 1.58. The summed E-state index contributed by atoms with van der Waals surface area (Å²) in [6.45, 7) is 3.27. The Morgan fingerprint density at radius 1 is 1.03 bits per heavy atom. The van der Waals surface area contributed by atoms with Crippen LogP contribution in [0.3, 0.4) is 0 Å². The number of aliphatic imine (C=N–C) groups is 1. The molecule has 0 saturated carbocycles. The second kappa shape index (κ2) is 10.9. The number of carbonyl (C=O) groups is 1. The first-order valence-corrected chi connectivity index (χ1v) is 10.6. The van der Waals surface area contributed by atoms with Crippen molar-refractivity contribution in [2.45, 2.75) is 6.92 Å². The van der Waals surface area contributed by atoms with Gasteiger partial charge in [0.15, 0.2) is 16.7 Å². The maximum atomic E-state index is 13.1. The normalized spacial score (nSPS) is 16.3. The number of hydrogen-bond donors (Lipinski definition) is 0. The lowest BCUT2D eigenvalue weighted by Crippen LogP contribution is -2.32. The van der Waals surface area contributed by atoms with E-state index >= 15 is 0 Å². The highest BCUT2D eigenvalue weighted by molar-refractivity contribution is 8.18. The monoisotopic (exact) mass is 442 g/mol. The molecule has 164 valence electrons. The van der Waals surface area contributed by atoms with E-state index in [4.69, 9.17) is 18.9 Å². The fraction of sp³-hybridized carbons (Fsp3) is 0.304. The molecule has 0 spiro atoms. The fourth-order valence-electron chi connectivity index (χ4n) is 2.94. The summed E-state index contributed by atoms with van der Waals surface area (Å²) in [6, 6.07) is 13.0. The Morgan fingerprint density at radius 2 is 1.81 bits per heavy atom. The van der Waals surface area contributed by atoms with Gasteiger partial charge in [0, 0.05) is 7.11 Å². The molecule has 3 rings (SSSR count). The van der Waals surface area contributed by atoms with Gasteiger partial charge in [-0.1, -0.05) is 6.07 Å². The molecule has 0 N–H and O–H groups in total. The van der Waals surface area contributed by atoms with Gasteiger partial charge in [0.1, 0.15) is 5.75 Å². The van der Waals surface area contributed by atoms with E-state index in [1.54, 1.807) is 26.2 Å². The van der Waals surface area contributed by atoms with Crippen LogP contribution in [-0.4, -0.2) is 57.1 Å². The average molecular weight is 443 g/mol. The minimum Gasteiger partial charge on any atom is -0.497 e. The van der Waals surface area contributed by atoms with E-state index in [1.807, 2.05) is 55.5 Å². The molecule has 2 aromatic rings. The molecule has 0 atom stereocenters. The summed E-state index contributed by atoms with van der Waals surface area (Å²) in [4.78, 5) is 20.0. The van der Waals surface area contributed by atoms with Gasteiger partial charge in [0.2, 0.25) is 0 Å². The van der Waals surface area contributed by atoms with E-state index in [0.29, 0.717) is 41.3 Å². The van der Waals surface area contributed by atoms with E-state index in [2.05, 4.69) is 4.99 Å². The highest BCUT2D eigenvalue weighted by Crippen LogP contribution is 2.36. The first-order chi connectivity index (χ1) is 15.1. The Labute approximate surface area is 186 Å². The van der Waals surface area contributed by atoms with Crippen molar-refractivity contribution >= 4 is 34.6 Å². The molecule has 1 fully saturated rings. The maximum Gasteiger partial charge on any atom is 0.266 e. The summed E-state index contributed by atoms with van der Waals surface area (Å²) < 4.78 is 21.4. The van der Waals surface area contributed by atoms with Crippen molar-refractivity contribution in [3.8, 4) is 17.2 Å². The summed E-state index contributed by atoms with van der Waals surface area (Å²) >= 11 is 1.33. The van der Waals surface area contributed by atoms with Crippen LogP contribution in [0.4, 0.5) is 5.69 Å². The van der Waals surface area contributed by atoms with Crippen molar-refractivity contribution in [1.29, 1.82) is 0 Å². The molecule has 0 bridgehead atoms. The number of thioether (sulfide) groups is 1. The van der Waals surface area contributed by atoms with Gasteiger partial charge < -0.3 is 18.9 Å². The van der Waals surface area contributed by atoms with Crippen molar-refractivity contribution in [2.75, 3.05) is 41.1 Å². The molecule has 0 aliphatic carbocycles. The third kappa shape index (κ3) is 5.59. The summed E-state index contributed by atoms with van der Waals surface area (Å²) in [7, 11) is 4.82. The molecule has 0 unspecified atom stereocenters. The molecular weight excluding hydrogens is 416 g/mol. The number of ether oxygens (including phenoxy) is 4. The van der Waals surface area contributed by atoms with Gasteiger partial charge in [-0.3, -0.25) is 9.69 Å². The first-order valence-electron chi connectivity index (χ1n) is 9.83. The van der Waals surface area contributed by atoms with Crippen LogP contribution in [0.2, 0.25) is 0 Å². The molecule has 1 heterocycles. The number of rotatable bonds is 9. The smallest absolute Gasteiger partial charge is 0.266 e. The number of benzene rings is 2. The minimum absolute atomic E-state index is 0.108. The van der Waals surface area contributed by atoms with Gasteiger partial charge >= 0.3 is 0 Å². The van der Waals surface area contributed by atoms with Gasteiger partial charge in [0.25, 0.3) is 5.91 Å². The first kappa shape index (κ1) is 22.7. The van der Waals surface area contributed by atoms with E-state index in [9.17, 15) is 4.79 Å². The SMILES string of the molecule is CCOc1cc(/C=C2\SC(=Nc3ccc(OC)cc3)N(CCOC)C2=O)ccc1OC. The van der Waals surface area contributed by atoms with E-state index < -0.39 is 0 Å². The van der Waals surface area contributed by atoms with Crippen LogP contribution in [0.25, 0.3) is 6.08 Å². The lowest BCUT2D eigenvalue weighted by atomic mass is 10.2. The van der Waals surface area contributed by atoms with Crippen molar-refractivity contribution in [1.82, 2.24) is 4.90 Å². The Hall–Kier alpha value is -2.97. The molecule has 1 aliphatic heterocycles. The van der Waals surface area contributed by atoms with Crippen LogP contribution in [0.1, 0.15) is 12.5 Å². The number of hydrogen-bond acceptors (Lipinski definition) is 7. The number of nitrogens with zero attached hydrogens (tertiary/aromatic N) is 2. The third-order valence-corrected chi connectivity index (χ3v) is 5.50. The van der Waals surface area contributed by atoms with Gasteiger partial charge in [-0.2, -0.15) is 0 Å². The van der Waals surface area contributed by atoms with Crippen LogP contribution < -0.4 is 14.2 Å². The Balaban J connectivity index is 1.91. The highest BCUT2D eigenvalue weighted by atomic mass is 32.2. The average Bonchev–Trinajstić information content (AvgIpc) is 3.07. The molecule has 0 aromatic heterocycles. The number of amides is 1. The van der Waals surface area contributed by atoms with E-state index in [0.717, 1.165) is 17.0 Å². The van der Waals surface area contributed by atoms with Crippen molar-refractivity contribution < 1.29 is 23.7 Å². The summed E-state index contributed by atoms with van der Waals surface area (Å²) in [6.07, 6.45) is 1.84. The van der Waals surface area contributed by atoms with Crippen molar-refractivity contribution in [2.24, 2.45) is 4.99 Å². The third-order valence-electron chi connectivity index (χ3n) is 4.49. The molecular formula is C23H26N2O5S. The quantitative estimate of drug-likeness (QED) is 0.538. The molecule has 8 heteroatoms. The largest absolute Gasteiger partial charge is 0.497 e.